The molecule has 0 spiro atoms. The van der Waals surface area contributed by atoms with Gasteiger partial charge in [-0.25, -0.2) is 0 Å². The van der Waals surface area contributed by atoms with Gasteiger partial charge in [-0.1, -0.05) is 78.8 Å². The number of rotatable bonds is 4. The molecule has 3 unspecified atom stereocenters. The summed E-state index contributed by atoms with van der Waals surface area (Å²) < 4.78 is 6.19. The molecule has 5 fully saturated rings. The van der Waals surface area contributed by atoms with Gasteiger partial charge >= 0.3 is 5.97 Å². The number of esters is 1. The summed E-state index contributed by atoms with van der Waals surface area (Å²) in [6.07, 6.45) is 11.0. The first-order valence-electron chi connectivity index (χ1n) is 16.6. The van der Waals surface area contributed by atoms with E-state index in [4.69, 9.17) is 4.74 Å². The highest BCUT2D eigenvalue weighted by Gasteiger charge is 2.72. The van der Waals surface area contributed by atoms with Gasteiger partial charge in [-0.05, 0) is 115 Å². The Balaban J connectivity index is 1.34. The zero-order valence-corrected chi connectivity index (χ0v) is 26.4. The Bertz CT molecular complexity index is 1150. The first kappa shape index (κ1) is 28.5. The second-order valence-electron chi connectivity index (χ2n) is 16.5. The van der Waals surface area contributed by atoms with Crippen LogP contribution in [-0.2, 0) is 20.9 Å². The van der Waals surface area contributed by atoms with Gasteiger partial charge in [-0.2, -0.15) is 0 Å². The van der Waals surface area contributed by atoms with Crippen LogP contribution < -0.4 is 0 Å². The van der Waals surface area contributed by atoms with E-state index in [-0.39, 0.29) is 33.0 Å². The molecule has 220 valence electrons. The SMILES string of the molecule is CC(C)[C@@H]1CC[C@]2(C(=O)OCc3ccccc3)CC[C@]3(C)C(CCC4[C@@]5(C)CCC(=O)C(C)(C)C5CC[C@]43C)[C@H]12. The van der Waals surface area contributed by atoms with E-state index in [2.05, 4.69) is 60.6 Å². The van der Waals surface area contributed by atoms with Crippen LogP contribution in [0.1, 0.15) is 118 Å². The van der Waals surface area contributed by atoms with Crippen LogP contribution in [0.25, 0.3) is 0 Å². The molecule has 3 heteroatoms. The van der Waals surface area contributed by atoms with Crippen LogP contribution in [0.2, 0.25) is 0 Å². The number of hydrogen-bond acceptors (Lipinski definition) is 3. The van der Waals surface area contributed by atoms with Gasteiger partial charge in [0, 0.05) is 11.8 Å². The highest BCUT2D eigenvalue weighted by Crippen LogP contribution is 2.77. The molecule has 5 aliphatic rings. The summed E-state index contributed by atoms with van der Waals surface area (Å²) in [5, 5.41) is 0. The Kier molecular flexibility index (Phi) is 6.72. The number of ketones is 1. The van der Waals surface area contributed by atoms with Crippen molar-refractivity contribution >= 4 is 11.8 Å². The monoisotopic (exact) mass is 546 g/mol. The molecule has 9 atom stereocenters. The standard InChI is InChI=1S/C37H54O3/c1-24(2)26-15-20-37(32(39)40-23-25-11-9-8-10-12-25)22-21-35(6)27(31(26)37)13-14-29-34(5)18-17-30(38)33(3,4)28(34)16-19-36(29,35)7/h8-12,24,26-29,31H,13-23H2,1-7H3/t26-,27?,28?,29?,31-,34-,35+,36+,37-/m0/s1. The van der Waals surface area contributed by atoms with Crippen molar-refractivity contribution in [3.05, 3.63) is 35.9 Å². The van der Waals surface area contributed by atoms with Crippen molar-refractivity contribution in [2.45, 2.75) is 119 Å². The first-order valence-corrected chi connectivity index (χ1v) is 16.6. The van der Waals surface area contributed by atoms with Crippen molar-refractivity contribution in [2.75, 3.05) is 0 Å². The number of hydrogen-bond donors (Lipinski definition) is 0. The van der Waals surface area contributed by atoms with E-state index >= 15 is 0 Å². The predicted octanol–water partition coefficient (Wildman–Crippen LogP) is 9.04. The zero-order chi connectivity index (χ0) is 28.7. The summed E-state index contributed by atoms with van der Waals surface area (Å²) in [6, 6.07) is 10.2. The third-order valence-electron chi connectivity index (χ3n) is 14.7. The smallest absolute Gasteiger partial charge is 0.312 e. The van der Waals surface area contributed by atoms with Crippen molar-refractivity contribution in [3.8, 4) is 0 Å². The molecule has 0 bridgehead atoms. The molecule has 1 aromatic rings. The third-order valence-corrected chi connectivity index (χ3v) is 14.7. The number of fused-ring (bicyclic) bond motifs is 7. The Morgan fingerprint density at radius 1 is 0.850 bits per heavy atom. The fourth-order valence-electron chi connectivity index (χ4n) is 12.4. The van der Waals surface area contributed by atoms with E-state index in [1.165, 1.54) is 25.7 Å². The number of Topliss-reactive ketones (excluding diaryl/α,β-unsaturated/α-hetero) is 1. The largest absolute Gasteiger partial charge is 0.460 e. The van der Waals surface area contributed by atoms with Crippen molar-refractivity contribution < 1.29 is 14.3 Å². The van der Waals surface area contributed by atoms with Crippen LogP contribution in [0, 0.1) is 62.6 Å². The lowest BCUT2D eigenvalue weighted by Gasteiger charge is -2.72. The molecule has 3 nitrogen and oxygen atoms in total. The van der Waals surface area contributed by atoms with E-state index in [0.29, 0.717) is 47.9 Å². The number of benzene rings is 1. The Morgan fingerprint density at radius 3 is 2.27 bits per heavy atom. The molecule has 1 aromatic carbocycles. The van der Waals surface area contributed by atoms with Crippen molar-refractivity contribution in [1.29, 1.82) is 0 Å². The summed E-state index contributed by atoms with van der Waals surface area (Å²) in [6.45, 7) is 17.5. The summed E-state index contributed by atoms with van der Waals surface area (Å²) in [7, 11) is 0. The molecule has 40 heavy (non-hydrogen) atoms. The van der Waals surface area contributed by atoms with Crippen LogP contribution in [0.3, 0.4) is 0 Å². The molecule has 0 amide bonds. The summed E-state index contributed by atoms with van der Waals surface area (Å²) in [4.78, 5) is 27.2. The minimum absolute atomic E-state index is 0.0852. The molecule has 5 aliphatic carbocycles. The van der Waals surface area contributed by atoms with Gasteiger partial charge in [0.15, 0.2) is 0 Å². The Morgan fingerprint density at radius 2 is 1.57 bits per heavy atom. The van der Waals surface area contributed by atoms with Crippen molar-refractivity contribution in [3.63, 3.8) is 0 Å². The highest BCUT2D eigenvalue weighted by atomic mass is 16.5. The second-order valence-corrected chi connectivity index (χ2v) is 16.5. The summed E-state index contributed by atoms with van der Waals surface area (Å²) in [5.41, 5.74) is 1.26. The van der Waals surface area contributed by atoms with E-state index in [9.17, 15) is 9.59 Å². The number of carbonyl (C=O) groups is 2. The predicted molar refractivity (Wildman–Crippen MR) is 160 cm³/mol. The minimum atomic E-state index is -0.322. The van der Waals surface area contributed by atoms with Crippen LogP contribution in [0.4, 0.5) is 0 Å². The lowest BCUT2D eigenvalue weighted by Crippen LogP contribution is -2.66. The minimum Gasteiger partial charge on any atom is -0.460 e. The second kappa shape index (κ2) is 9.43. The lowest BCUT2D eigenvalue weighted by atomic mass is 9.32. The van der Waals surface area contributed by atoms with Crippen LogP contribution in [0.15, 0.2) is 30.3 Å². The number of ether oxygens (including phenoxy) is 1. The molecule has 0 heterocycles. The molecule has 5 saturated carbocycles. The Labute approximate surface area is 243 Å². The molecule has 0 saturated heterocycles. The molecule has 0 N–H and O–H groups in total. The maximum atomic E-state index is 14.2. The lowest BCUT2D eigenvalue weighted by molar-refractivity contribution is -0.238. The van der Waals surface area contributed by atoms with Crippen molar-refractivity contribution in [2.24, 2.45) is 62.6 Å². The normalized spacial score (nSPS) is 45.7. The van der Waals surface area contributed by atoms with Gasteiger partial charge in [-0.15, -0.1) is 0 Å². The first-order chi connectivity index (χ1) is 18.8. The van der Waals surface area contributed by atoms with E-state index < -0.39 is 0 Å². The van der Waals surface area contributed by atoms with Crippen LogP contribution >= 0.6 is 0 Å². The van der Waals surface area contributed by atoms with Gasteiger partial charge < -0.3 is 4.74 Å². The highest BCUT2D eigenvalue weighted by molar-refractivity contribution is 5.85. The Hall–Kier alpha value is -1.64. The van der Waals surface area contributed by atoms with Gasteiger partial charge in [0.2, 0.25) is 0 Å². The molecular formula is C37H54O3. The topological polar surface area (TPSA) is 43.4 Å². The third kappa shape index (κ3) is 3.73. The van der Waals surface area contributed by atoms with Crippen molar-refractivity contribution in [1.82, 2.24) is 0 Å². The van der Waals surface area contributed by atoms with Crippen LogP contribution in [-0.4, -0.2) is 11.8 Å². The van der Waals surface area contributed by atoms with E-state index in [1.54, 1.807) is 0 Å². The average Bonchev–Trinajstić information content (AvgIpc) is 3.32. The van der Waals surface area contributed by atoms with Gasteiger partial charge in [0.05, 0.1) is 5.41 Å². The van der Waals surface area contributed by atoms with E-state index in [1.807, 2.05) is 18.2 Å². The fraction of sp³-hybridized carbons (Fsp3) is 0.784. The summed E-state index contributed by atoms with van der Waals surface area (Å²) >= 11 is 0. The fourth-order valence-corrected chi connectivity index (χ4v) is 12.4. The van der Waals surface area contributed by atoms with Gasteiger partial charge in [0.1, 0.15) is 12.4 Å². The van der Waals surface area contributed by atoms with E-state index in [0.717, 1.165) is 44.1 Å². The molecule has 0 aliphatic heterocycles. The molecule has 6 rings (SSSR count). The van der Waals surface area contributed by atoms with Gasteiger partial charge in [0.25, 0.3) is 0 Å². The van der Waals surface area contributed by atoms with Crippen LogP contribution in [0.5, 0.6) is 0 Å². The van der Waals surface area contributed by atoms with Gasteiger partial charge in [-0.3, -0.25) is 9.59 Å². The zero-order valence-electron chi connectivity index (χ0n) is 26.4. The maximum absolute atomic E-state index is 14.2. The molecule has 0 radical (unpaired) electrons. The number of carbonyl (C=O) groups excluding carboxylic acids is 2. The quantitative estimate of drug-likeness (QED) is 0.354. The maximum Gasteiger partial charge on any atom is 0.312 e. The molecule has 0 aromatic heterocycles. The molecular weight excluding hydrogens is 492 g/mol. The average molecular weight is 547 g/mol. The summed E-state index contributed by atoms with van der Waals surface area (Å²) in [5.74, 6) is 3.88.